The highest BCUT2D eigenvalue weighted by Gasteiger charge is 2.43. The van der Waals surface area contributed by atoms with Gasteiger partial charge in [0.2, 0.25) is 5.78 Å². The molecule has 2 atom stereocenters. The van der Waals surface area contributed by atoms with Crippen LogP contribution >= 0.6 is 27.5 Å². The molecule has 4 aromatic rings. The van der Waals surface area contributed by atoms with Gasteiger partial charge >= 0.3 is 0 Å². The molecular weight excluding hydrogens is 524 g/mol. The number of nitrogens with zero attached hydrogens (tertiary/aromatic N) is 2. The van der Waals surface area contributed by atoms with Gasteiger partial charge in [-0.3, -0.25) is 4.79 Å². The van der Waals surface area contributed by atoms with Crippen LogP contribution in [-0.2, 0) is 0 Å². The molecule has 2 aliphatic heterocycles. The second-order valence-electron chi connectivity index (χ2n) is 8.61. The van der Waals surface area contributed by atoms with Gasteiger partial charge in [0, 0.05) is 27.0 Å². The molecule has 0 fully saturated rings. The number of ketones is 1. The molecule has 0 aromatic heterocycles. The molecule has 2 heterocycles. The van der Waals surface area contributed by atoms with E-state index in [-0.39, 0.29) is 11.8 Å². The van der Waals surface area contributed by atoms with Gasteiger partial charge in [-0.15, -0.1) is 0 Å². The number of fused-ring (bicyclic) bond motifs is 3. The average Bonchev–Trinajstić information content (AvgIpc) is 3.35. The second-order valence-corrected chi connectivity index (χ2v) is 9.97. The molecule has 0 saturated heterocycles. The van der Waals surface area contributed by atoms with Gasteiger partial charge in [0.15, 0.2) is 0 Å². The highest BCUT2D eigenvalue weighted by Crippen LogP contribution is 2.44. The molecule has 172 valence electrons. The lowest BCUT2D eigenvalue weighted by Crippen LogP contribution is -2.45. The van der Waals surface area contributed by atoms with Crippen LogP contribution < -0.4 is 4.74 Å². The summed E-state index contributed by atoms with van der Waals surface area (Å²) in [7, 11) is 0. The predicted octanol–water partition coefficient (Wildman–Crippen LogP) is 7.52. The second kappa shape index (κ2) is 8.99. The molecule has 2 aliphatic rings. The minimum atomic E-state index is -0.857. The van der Waals surface area contributed by atoms with Crippen molar-refractivity contribution in [2.24, 2.45) is 5.10 Å². The number of carbonyl (C=O) groups is 1. The van der Waals surface area contributed by atoms with Crippen molar-refractivity contribution >= 4 is 39.0 Å². The lowest BCUT2D eigenvalue weighted by atomic mass is 9.95. The van der Waals surface area contributed by atoms with Crippen LogP contribution in [0.25, 0.3) is 11.1 Å². The smallest absolute Gasteiger partial charge is 0.251 e. The van der Waals surface area contributed by atoms with E-state index < -0.39 is 6.23 Å². The highest BCUT2D eigenvalue weighted by atomic mass is 79.9. The van der Waals surface area contributed by atoms with Crippen molar-refractivity contribution in [2.75, 3.05) is 0 Å². The third-order valence-electron chi connectivity index (χ3n) is 6.43. The lowest BCUT2D eigenvalue weighted by Gasteiger charge is -2.37. The molecule has 6 rings (SSSR count). The van der Waals surface area contributed by atoms with Crippen LogP contribution in [0.15, 0.2) is 107 Å². The molecular formula is C29H20BrClN2O2. The molecule has 0 bridgehead atoms. The summed E-state index contributed by atoms with van der Waals surface area (Å²) >= 11 is 9.80. The molecule has 0 saturated carbocycles. The first kappa shape index (κ1) is 22.1. The Labute approximate surface area is 216 Å². The summed E-state index contributed by atoms with van der Waals surface area (Å²) < 4.78 is 7.24. The Balaban J connectivity index is 1.36. The molecule has 4 nitrogen and oxygen atoms in total. The predicted molar refractivity (Wildman–Crippen MR) is 142 cm³/mol. The minimum absolute atomic E-state index is 0.129. The van der Waals surface area contributed by atoms with E-state index in [1.165, 1.54) is 0 Å². The molecule has 0 radical (unpaired) electrons. The van der Waals surface area contributed by atoms with E-state index in [4.69, 9.17) is 21.4 Å². The Hall–Kier alpha value is -3.41. The maximum atomic E-state index is 13.7. The quantitative estimate of drug-likeness (QED) is 0.250. The summed E-state index contributed by atoms with van der Waals surface area (Å²) in [4.78, 5) is 13.7. The minimum Gasteiger partial charge on any atom is -0.461 e. The van der Waals surface area contributed by atoms with Crippen LogP contribution in [0.4, 0.5) is 0 Å². The third kappa shape index (κ3) is 4.15. The van der Waals surface area contributed by atoms with Gasteiger partial charge in [-0.1, -0.05) is 94.3 Å². The van der Waals surface area contributed by atoms with Crippen molar-refractivity contribution in [3.63, 3.8) is 0 Å². The molecule has 6 heteroatoms. The van der Waals surface area contributed by atoms with Crippen molar-refractivity contribution in [3.8, 4) is 16.9 Å². The van der Waals surface area contributed by atoms with Gasteiger partial charge in [0.1, 0.15) is 5.75 Å². The van der Waals surface area contributed by atoms with Crippen LogP contribution in [-0.4, -0.2) is 22.7 Å². The number of rotatable bonds is 4. The number of Topliss-reactive ketones (excluding diaryl/α,β-unsaturated/α-hetero) is 1. The van der Waals surface area contributed by atoms with Gasteiger partial charge in [-0.25, -0.2) is 5.01 Å². The number of hydrazone groups is 1. The maximum Gasteiger partial charge on any atom is 0.251 e. The molecule has 0 spiro atoms. The van der Waals surface area contributed by atoms with E-state index in [0.29, 0.717) is 22.8 Å². The fourth-order valence-corrected chi connectivity index (χ4v) is 5.09. The Bertz CT molecular complexity index is 1440. The lowest BCUT2D eigenvalue weighted by molar-refractivity contribution is -0.00454. The van der Waals surface area contributed by atoms with Crippen molar-refractivity contribution in [3.05, 3.63) is 123 Å². The van der Waals surface area contributed by atoms with Gasteiger partial charge in [0.05, 0.1) is 11.8 Å². The number of ether oxygens (including phenoxy) is 1. The number of halogens is 2. The first-order valence-corrected chi connectivity index (χ1v) is 12.5. The van der Waals surface area contributed by atoms with E-state index in [1.54, 1.807) is 11.1 Å². The van der Waals surface area contributed by atoms with E-state index in [0.717, 1.165) is 32.4 Å². The van der Waals surface area contributed by atoms with Crippen LogP contribution in [0.3, 0.4) is 0 Å². The molecule has 0 N–H and O–H groups in total. The Morgan fingerprint density at radius 3 is 2.31 bits per heavy atom. The van der Waals surface area contributed by atoms with Crippen LogP contribution in [0.2, 0.25) is 5.02 Å². The largest absolute Gasteiger partial charge is 0.461 e. The topological polar surface area (TPSA) is 41.9 Å². The zero-order valence-corrected chi connectivity index (χ0v) is 20.9. The number of hydrogen-bond acceptors (Lipinski definition) is 4. The van der Waals surface area contributed by atoms with Gasteiger partial charge in [-0.2, -0.15) is 5.10 Å². The maximum absolute atomic E-state index is 13.7. The highest BCUT2D eigenvalue weighted by molar-refractivity contribution is 9.10. The standard InChI is InChI=1S/C29H20BrClN2O2/c30-22-12-10-20(11-13-22)25-17-26-24-16-23(31)14-15-27(24)35-29(33(26)32-25)28(34)21-8-6-19(7-9-21)18-4-2-1-3-5-18/h1-16,26,29H,17H2. The van der Waals surface area contributed by atoms with Crippen molar-refractivity contribution in [1.29, 1.82) is 0 Å². The van der Waals surface area contributed by atoms with Crippen LogP contribution in [0.1, 0.15) is 33.9 Å². The Morgan fingerprint density at radius 1 is 0.886 bits per heavy atom. The van der Waals surface area contributed by atoms with E-state index in [9.17, 15) is 4.79 Å². The van der Waals surface area contributed by atoms with E-state index in [2.05, 4.69) is 28.1 Å². The number of hydrogen-bond donors (Lipinski definition) is 0. The van der Waals surface area contributed by atoms with Crippen molar-refractivity contribution in [2.45, 2.75) is 18.7 Å². The fraction of sp³-hybridized carbons (Fsp3) is 0.103. The molecule has 0 amide bonds. The van der Waals surface area contributed by atoms with Gasteiger partial charge < -0.3 is 4.74 Å². The summed E-state index contributed by atoms with van der Waals surface area (Å²) in [5.41, 5.74) is 5.62. The molecule has 2 unspecified atom stereocenters. The summed E-state index contributed by atoms with van der Waals surface area (Å²) in [6.45, 7) is 0. The number of carbonyl (C=O) groups excluding carboxylic acids is 1. The zero-order chi connectivity index (χ0) is 23.9. The van der Waals surface area contributed by atoms with Gasteiger partial charge in [-0.05, 0) is 47.0 Å². The fourth-order valence-electron chi connectivity index (χ4n) is 4.65. The van der Waals surface area contributed by atoms with E-state index in [1.807, 2.05) is 78.9 Å². The monoisotopic (exact) mass is 542 g/mol. The first-order chi connectivity index (χ1) is 17.1. The van der Waals surface area contributed by atoms with Crippen molar-refractivity contribution in [1.82, 2.24) is 5.01 Å². The molecule has 4 aromatic carbocycles. The van der Waals surface area contributed by atoms with Crippen molar-refractivity contribution < 1.29 is 9.53 Å². The summed E-state index contributed by atoms with van der Waals surface area (Å²) in [5.74, 6) is 0.540. The first-order valence-electron chi connectivity index (χ1n) is 11.3. The summed E-state index contributed by atoms with van der Waals surface area (Å²) in [5, 5.41) is 7.30. The zero-order valence-electron chi connectivity index (χ0n) is 18.6. The Kier molecular flexibility index (Phi) is 5.67. The normalized spacial score (nSPS) is 18.3. The summed E-state index contributed by atoms with van der Waals surface area (Å²) in [6, 6.07) is 31.2. The number of benzene rings is 4. The average molecular weight is 544 g/mol. The van der Waals surface area contributed by atoms with E-state index >= 15 is 0 Å². The van der Waals surface area contributed by atoms with Crippen LogP contribution in [0.5, 0.6) is 5.75 Å². The van der Waals surface area contributed by atoms with Crippen LogP contribution in [0, 0.1) is 0 Å². The Morgan fingerprint density at radius 2 is 1.57 bits per heavy atom. The van der Waals surface area contributed by atoms with Gasteiger partial charge in [0.25, 0.3) is 6.23 Å². The third-order valence-corrected chi connectivity index (χ3v) is 7.19. The molecule has 35 heavy (non-hydrogen) atoms. The summed E-state index contributed by atoms with van der Waals surface area (Å²) in [6.07, 6.45) is -0.195. The molecule has 0 aliphatic carbocycles. The SMILES string of the molecule is O=C(c1ccc(-c2ccccc2)cc1)C1Oc2ccc(Cl)cc2C2CC(c3ccc(Br)cc3)=NN12.